The topological polar surface area (TPSA) is 54.9 Å². The Balaban J connectivity index is 2.13. The quantitative estimate of drug-likeness (QED) is 0.939. The zero-order valence-corrected chi connectivity index (χ0v) is 13.2. The molecule has 0 radical (unpaired) electrons. The molecular formula is C14H16ClN3OS. The minimum Gasteiger partial charge on any atom is -0.347 e. The minimum atomic E-state index is -0.273. The molecule has 0 unspecified atom stereocenters. The number of halogens is 1. The highest BCUT2D eigenvalue weighted by atomic mass is 35.5. The SMILES string of the molecule is Cc1cscc1CNC(=O)c1nc(C(C)C)ncc1Cl. The van der Waals surface area contributed by atoms with Gasteiger partial charge in [-0.05, 0) is 28.8 Å². The molecule has 0 aliphatic rings. The van der Waals surface area contributed by atoms with Gasteiger partial charge in [0.1, 0.15) is 11.5 Å². The molecule has 2 aromatic rings. The molecule has 0 bridgehead atoms. The Morgan fingerprint density at radius 2 is 2.20 bits per heavy atom. The average molecular weight is 310 g/mol. The maximum Gasteiger partial charge on any atom is 0.271 e. The van der Waals surface area contributed by atoms with Gasteiger partial charge in [-0.15, -0.1) is 0 Å². The van der Waals surface area contributed by atoms with Crippen molar-refractivity contribution in [3.05, 3.63) is 44.6 Å². The van der Waals surface area contributed by atoms with Crippen LogP contribution < -0.4 is 5.32 Å². The van der Waals surface area contributed by atoms with E-state index in [0.29, 0.717) is 12.4 Å². The third-order valence-corrected chi connectivity index (χ3v) is 4.08. The number of nitrogens with one attached hydrogen (secondary N) is 1. The lowest BCUT2D eigenvalue weighted by Crippen LogP contribution is -2.25. The molecule has 1 amide bonds. The Kier molecular flexibility index (Phi) is 4.73. The number of amides is 1. The number of nitrogens with zero attached hydrogens (tertiary/aromatic N) is 2. The molecule has 0 aliphatic carbocycles. The second-order valence-corrected chi connectivity index (χ2v) is 5.99. The summed E-state index contributed by atoms with van der Waals surface area (Å²) in [5, 5.41) is 7.19. The fourth-order valence-electron chi connectivity index (χ4n) is 1.65. The van der Waals surface area contributed by atoms with Crippen molar-refractivity contribution in [3.63, 3.8) is 0 Å². The van der Waals surface area contributed by atoms with E-state index in [1.165, 1.54) is 11.8 Å². The monoisotopic (exact) mass is 309 g/mol. The van der Waals surface area contributed by atoms with Crippen LogP contribution in [-0.2, 0) is 6.54 Å². The van der Waals surface area contributed by atoms with Gasteiger partial charge in [0.2, 0.25) is 0 Å². The van der Waals surface area contributed by atoms with Gasteiger partial charge in [-0.3, -0.25) is 4.79 Å². The summed E-state index contributed by atoms with van der Waals surface area (Å²) < 4.78 is 0. The fourth-order valence-corrected chi connectivity index (χ4v) is 2.68. The van der Waals surface area contributed by atoms with Crippen LogP contribution in [0.3, 0.4) is 0 Å². The number of carbonyl (C=O) groups excluding carboxylic acids is 1. The van der Waals surface area contributed by atoms with Crippen molar-refractivity contribution in [2.24, 2.45) is 0 Å². The summed E-state index contributed by atoms with van der Waals surface area (Å²) in [6.07, 6.45) is 1.48. The molecule has 4 nitrogen and oxygen atoms in total. The van der Waals surface area contributed by atoms with Crippen LogP contribution in [0.15, 0.2) is 17.0 Å². The van der Waals surface area contributed by atoms with E-state index >= 15 is 0 Å². The molecule has 2 heterocycles. The summed E-state index contributed by atoms with van der Waals surface area (Å²) >= 11 is 7.62. The lowest BCUT2D eigenvalue weighted by molar-refractivity contribution is 0.0945. The molecular weight excluding hydrogens is 294 g/mol. The summed E-state index contributed by atoms with van der Waals surface area (Å²) in [4.78, 5) is 20.5. The number of rotatable bonds is 4. The molecule has 0 spiro atoms. The Bertz CT molecular complexity index is 625. The van der Waals surface area contributed by atoms with E-state index in [1.807, 2.05) is 26.2 Å². The number of hydrogen-bond acceptors (Lipinski definition) is 4. The molecule has 20 heavy (non-hydrogen) atoms. The summed E-state index contributed by atoms with van der Waals surface area (Å²) in [7, 11) is 0. The van der Waals surface area contributed by atoms with Crippen molar-refractivity contribution in [3.8, 4) is 0 Å². The molecule has 2 aromatic heterocycles. The Morgan fingerprint density at radius 3 is 2.80 bits per heavy atom. The highest BCUT2D eigenvalue weighted by Crippen LogP contribution is 2.17. The first-order valence-electron chi connectivity index (χ1n) is 6.31. The molecule has 1 N–H and O–H groups in total. The molecule has 0 saturated carbocycles. The van der Waals surface area contributed by atoms with E-state index in [2.05, 4.69) is 20.7 Å². The van der Waals surface area contributed by atoms with Crippen molar-refractivity contribution in [1.82, 2.24) is 15.3 Å². The molecule has 0 atom stereocenters. The van der Waals surface area contributed by atoms with E-state index in [4.69, 9.17) is 11.6 Å². The predicted octanol–water partition coefficient (Wildman–Crippen LogP) is 3.55. The van der Waals surface area contributed by atoms with E-state index in [0.717, 1.165) is 5.56 Å². The maximum absolute atomic E-state index is 12.2. The Hall–Kier alpha value is -1.46. The highest BCUT2D eigenvalue weighted by Gasteiger charge is 2.15. The summed E-state index contributed by atoms with van der Waals surface area (Å²) in [5.74, 6) is 0.495. The summed E-state index contributed by atoms with van der Waals surface area (Å²) in [5.41, 5.74) is 2.52. The molecule has 0 aromatic carbocycles. The first-order chi connectivity index (χ1) is 9.49. The van der Waals surface area contributed by atoms with Gasteiger partial charge in [-0.25, -0.2) is 9.97 Å². The van der Waals surface area contributed by atoms with Crippen molar-refractivity contribution in [2.45, 2.75) is 33.2 Å². The second-order valence-electron chi connectivity index (χ2n) is 4.84. The third kappa shape index (κ3) is 3.35. The molecule has 0 aliphatic heterocycles. The number of thiophene rings is 1. The first kappa shape index (κ1) is 14.9. The standard InChI is InChI=1S/C14H16ClN3OS/c1-8(2)13-16-5-11(15)12(18-13)14(19)17-4-10-7-20-6-9(10)3/h5-8H,4H2,1-3H3,(H,17,19). The van der Waals surface area contributed by atoms with Gasteiger partial charge in [-0.1, -0.05) is 25.4 Å². The first-order valence-corrected chi connectivity index (χ1v) is 7.63. The van der Waals surface area contributed by atoms with Crippen LogP contribution in [0.5, 0.6) is 0 Å². The van der Waals surface area contributed by atoms with Gasteiger partial charge < -0.3 is 5.32 Å². The lowest BCUT2D eigenvalue weighted by atomic mass is 10.2. The zero-order chi connectivity index (χ0) is 14.7. The van der Waals surface area contributed by atoms with Crippen LogP contribution in [0.1, 0.15) is 47.2 Å². The van der Waals surface area contributed by atoms with Crippen molar-refractivity contribution < 1.29 is 4.79 Å². The van der Waals surface area contributed by atoms with Gasteiger partial charge in [0.15, 0.2) is 0 Å². The van der Waals surface area contributed by atoms with Gasteiger partial charge >= 0.3 is 0 Å². The Morgan fingerprint density at radius 1 is 1.45 bits per heavy atom. The van der Waals surface area contributed by atoms with Gasteiger partial charge in [0, 0.05) is 12.5 Å². The molecule has 2 rings (SSSR count). The van der Waals surface area contributed by atoms with Crippen molar-refractivity contribution in [2.75, 3.05) is 0 Å². The highest BCUT2D eigenvalue weighted by molar-refractivity contribution is 7.08. The normalized spacial score (nSPS) is 10.8. The van der Waals surface area contributed by atoms with Crippen LogP contribution in [0.25, 0.3) is 0 Å². The van der Waals surface area contributed by atoms with Crippen LogP contribution >= 0.6 is 22.9 Å². The number of hydrogen-bond donors (Lipinski definition) is 1. The van der Waals surface area contributed by atoms with Gasteiger partial charge in [-0.2, -0.15) is 11.3 Å². The molecule has 0 fully saturated rings. The smallest absolute Gasteiger partial charge is 0.271 e. The van der Waals surface area contributed by atoms with Gasteiger partial charge in [0.25, 0.3) is 5.91 Å². The largest absolute Gasteiger partial charge is 0.347 e. The van der Waals surface area contributed by atoms with Crippen molar-refractivity contribution >= 4 is 28.8 Å². The minimum absolute atomic E-state index is 0.151. The number of aromatic nitrogens is 2. The summed E-state index contributed by atoms with van der Waals surface area (Å²) in [6.45, 7) is 6.44. The predicted molar refractivity (Wildman–Crippen MR) is 81.4 cm³/mol. The summed E-state index contributed by atoms with van der Waals surface area (Å²) in [6, 6.07) is 0. The fraction of sp³-hybridized carbons (Fsp3) is 0.357. The number of carbonyl (C=O) groups is 1. The third-order valence-electron chi connectivity index (χ3n) is 2.90. The second kappa shape index (κ2) is 6.33. The van der Waals surface area contributed by atoms with E-state index in [-0.39, 0.29) is 22.5 Å². The van der Waals surface area contributed by atoms with E-state index in [9.17, 15) is 4.79 Å². The molecule has 0 saturated heterocycles. The van der Waals surface area contributed by atoms with Crippen molar-refractivity contribution in [1.29, 1.82) is 0 Å². The average Bonchev–Trinajstić information content (AvgIpc) is 2.81. The Labute approximate surface area is 127 Å². The lowest BCUT2D eigenvalue weighted by Gasteiger charge is -2.09. The number of aryl methyl sites for hydroxylation is 1. The van der Waals surface area contributed by atoms with Gasteiger partial charge in [0.05, 0.1) is 11.2 Å². The zero-order valence-electron chi connectivity index (χ0n) is 11.6. The molecule has 6 heteroatoms. The maximum atomic E-state index is 12.2. The van der Waals surface area contributed by atoms with Crippen LogP contribution in [0, 0.1) is 6.92 Å². The van der Waals surface area contributed by atoms with E-state index < -0.39 is 0 Å². The van der Waals surface area contributed by atoms with Crippen LogP contribution in [0.4, 0.5) is 0 Å². The molecule has 106 valence electrons. The van der Waals surface area contributed by atoms with Crippen LogP contribution in [-0.4, -0.2) is 15.9 Å². The van der Waals surface area contributed by atoms with Crippen LogP contribution in [0.2, 0.25) is 5.02 Å². The van der Waals surface area contributed by atoms with E-state index in [1.54, 1.807) is 11.3 Å².